The molecule has 1 aromatic heterocycles. The van der Waals surface area contributed by atoms with Crippen LogP contribution in [0.3, 0.4) is 0 Å². The SMILES string of the molecule is CCn1c(N2CCN(c3ccc(F)cc3)CC2)c(/C=C2\SC(=S)N(CCCC(=O)O)C2=O)c(C)c(C#N)c1=O. The number of carboxylic acids is 1. The van der Waals surface area contributed by atoms with E-state index in [0.29, 0.717) is 58.9 Å². The van der Waals surface area contributed by atoms with E-state index in [9.17, 15) is 24.0 Å². The summed E-state index contributed by atoms with van der Waals surface area (Å²) in [5, 5.41) is 18.7. The molecule has 2 aromatic rings. The highest BCUT2D eigenvalue weighted by molar-refractivity contribution is 8.26. The van der Waals surface area contributed by atoms with Crippen LogP contribution in [0.5, 0.6) is 0 Å². The number of aromatic nitrogens is 1. The standard InChI is InChI=1S/C27H28FN5O4S2/c1-3-32-24(31-13-11-30(12-14-31)19-8-6-18(28)7-9-19)20(17(2)21(16-29)25(32)36)15-22-26(37)33(27(38)39-22)10-4-5-23(34)35/h6-9,15H,3-5,10-14H2,1-2H3,(H,34,35)/b22-15-. The molecule has 2 aliphatic rings. The van der Waals surface area contributed by atoms with Crippen LogP contribution in [-0.2, 0) is 16.1 Å². The molecule has 2 fully saturated rings. The minimum Gasteiger partial charge on any atom is -0.481 e. The van der Waals surface area contributed by atoms with Gasteiger partial charge in [0.05, 0.1) is 4.91 Å². The molecule has 204 valence electrons. The number of piperazine rings is 1. The normalized spacial score (nSPS) is 16.8. The van der Waals surface area contributed by atoms with Crippen LogP contribution >= 0.6 is 24.0 Å². The minimum absolute atomic E-state index is 0.0220. The maximum absolute atomic E-state index is 13.4. The van der Waals surface area contributed by atoms with Gasteiger partial charge in [-0.25, -0.2) is 4.39 Å². The quantitative estimate of drug-likeness (QED) is 0.377. The lowest BCUT2D eigenvalue weighted by molar-refractivity contribution is -0.137. The van der Waals surface area contributed by atoms with Crippen LogP contribution in [0.15, 0.2) is 34.0 Å². The number of benzene rings is 1. The molecule has 3 heterocycles. The lowest BCUT2D eigenvalue weighted by Gasteiger charge is -2.39. The van der Waals surface area contributed by atoms with Crippen molar-refractivity contribution in [2.45, 2.75) is 33.2 Å². The summed E-state index contributed by atoms with van der Waals surface area (Å²) in [6, 6.07) is 8.36. The smallest absolute Gasteiger partial charge is 0.303 e. The Morgan fingerprint density at radius 3 is 2.41 bits per heavy atom. The van der Waals surface area contributed by atoms with E-state index in [1.807, 2.05) is 13.0 Å². The number of anilines is 2. The minimum atomic E-state index is -0.943. The zero-order valence-corrected chi connectivity index (χ0v) is 23.3. The molecular formula is C27H28FN5O4S2. The molecule has 0 radical (unpaired) electrons. The Morgan fingerprint density at radius 1 is 1.18 bits per heavy atom. The number of carboxylic acid groups (broad SMARTS) is 1. The fourth-order valence-corrected chi connectivity index (χ4v) is 6.11. The largest absolute Gasteiger partial charge is 0.481 e. The van der Waals surface area contributed by atoms with Crippen LogP contribution in [0.1, 0.15) is 36.5 Å². The number of aliphatic carboxylic acids is 1. The number of carbonyl (C=O) groups is 2. The van der Waals surface area contributed by atoms with Gasteiger partial charge in [-0.05, 0) is 56.2 Å². The predicted molar refractivity (Wildman–Crippen MR) is 153 cm³/mol. The summed E-state index contributed by atoms with van der Waals surface area (Å²) in [7, 11) is 0. The number of halogens is 1. The summed E-state index contributed by atoms with van der Waals surface area (Å²) in [5.41, 5.74) is 1.64. The third kappa shape index (κ3) is 5.84. The van der Waals surface area contributed by atoms with Crippen molar-refractivity contribution in [2.75, 3.05) is 42.5 Å². The third-order valence-electron chi connectivity index (χ3n) is 6.85. The highest BCUT2D eigenvalue weighted by atomic mass is 32.2. The Kier molecular flexibility index (Phi) is 8.72. The maximum Gasteiger partial charge on any atom is 0.303 e. The lowest BCUT2D eigenvalue weighted by Crippen LogP contribution is -2.48. The second kappa shape index (κ2) is 12.0. The van der Waals surface area contributed by atoms with Crippen molar-refractivity contribution in [1.29, 1.82) is 5.26 Å². The molecule has 1 aromatic carbocycles. The van der Waals surface area contributed by atoms with E-state index in [1.54, 1.807) is 29.7 Å². The summed E-state index contributed by atoms with van der Waals surface area (Å²) < 4.78 is 15.3. The molecule has 2 aliphatic heterocycles. The van der Waals surface area contributed by atoms with Crippen molar-refractivity contribution >= 4 is 57.8 Å². The lowest BCUT2D eigenvalue weighted by atomic mass is 10.0. The van der Waals surface area contributed by atoms with Crippen molar-refractivity contribution in [3.05, 3.63) is 62.0 Å². The number of thiocarbonyl (C=S) groups is 1. The average molecular weight is 570 g/mol. The van der Waals surface area contributed by atoms with E-state index in [2.05, 4.69) is 9.80 Å². The molecule has 1 N–H and O–H groups in total. The first-order valence-corrected chi connectivity index (χ1v) is 13.8. The number of nitriles is 1. The molecule has 1 amide bonds. The highest BCUT2D eigenvalue weighted by Crippen LogP contribution is 2.36. The van der Waals surface area contributed by atoms with Crippen LogP contribution in [0, 0.1) is 24.1 Å². The molecular weight excluding hydrogens is 541 g/mol. The second-order valence-electron chi connectivity index (χ2n) is 9.18. The van der Waals surface area contributed by atoms with Gasteiger partial charge in [-0.1, -0.05) is 24.0 Å². The summed E-state index contributed by atoms with van der Waals surface area (Å²) >= 11 is 6.52. The van der Waals surface area contributed by atoms with Crippen molar-refractivity contribution in [3.63, 3.8) is 0 Å². The summed E-state index contributed by atoms with van der Waals surface area (Å²) in [6.45, 7) is 6.47. The summed E-state index contributed by atoms with van der Waals surface area (Å²) in [5.74, 6) is -0.931. The van der Waals surface area contributed by atoms with Crippen molar-refractivity contribution in [1.82, 2.24) is 9.47 Å². The summed E-state index contributed by atoms with van der Waals surface area (Å²) in [4.78, 5) is 43.4. The number of nitrogens with zero attached hydrogens (tertiary/aromatic N) is 5. The Morgan fingerprint density at radius 2 is 1.82 bits per heavy atom. The van der Waals surface area contributed by atoms with Crippen LogP contribution in [0.2, 0.25) is 0 Å². The Labute approximate surface area is 235 Å². The molecule has 12 heteroatoms. The van der Waals surface area contributed by atoms with E-state index < -0.39 is 5.97 Å². The zero-order chi connectivity index (χ0) is 28.3. The van der Waals surface area contributed by atoms with Gasteiger partial charge in [-0.2, -0.15) is 5.26 Å². The number of carbonyl (C=O) groups excluding carboxylic acids is 1. The molecule has 0 saturated carbocycles. The Hall–Kier alpha value is -3.69. The number of hydrogen-bond donors (Lipinski definition) is 1. The predicted octanol–water partition coefficient (Wildman–Crippen LogP) is 3.58. The van der Waals surface area contributed by atoms with Crippen molar-refractivity contribution in [3.8, 4) is 6.07 Å². The molecule has 2 saturated heterocycles. The molecule has 0 bridgehead atoms. The fourth-order valence-electron chi connectivity index (χ4n) is 4.82. The molecule has 0 aliphatic carbocycles. The molecule has 9 nitrogen and oxygen atoms in total. The van der Waals surface area contributed by atoms with E-state index in [1.165, 1.54) is 17.0 Å². The van der Waals surface area contributed by atoms with Crippen molar-refractivity contribution in [2.24, 2.45) is 0 Å². The molecule has 0 spiro atoms. The number of thioether (sulfide) groups is 1. The van der Waals surface area contributed by atoms with Crippen molar-refractivity contribution < 1.29 is 19.1 Å². The zero-order valence-electron chi connectivity index (χ0n) is 21.6. The van der Waals surface area contributed by atoms with Crippen LogP contribution in [0.4, 0.5) is 15.9 Å². The van der Waals surface area contributed by atoms with Gasteiger partial charge >= 0.3 is 5.97 Å². The Balaban J connectivity index is 1.70. The summed E-state index contributed by atoms with van der Waals surface area (Å²) in [6.07, 6.45) is 1.90. The maximum atomic E-state index is 13.4. The number of hydrogen-bond acceptors (Lipinski definition) is 8. The van der Waals surface area contributed by atoms with Gasteiger partial charge in [0.25, 0.3) is 11.5 Å². The van der Waals surface area contributed by atoms with Gasteiger partial charge in [0.15, 0.2) is 0 Å². The number of rotatable bonds is 8. The number of amides is 1. The molecule has 0 atom stereocenters. The first-order chi connectivity index (χ1) is 18.7. The monoisotopic (exact) mass is 569 g/mol. The first kappa shape index (κ1) is 28.3. The van der Waals surface area contributed by atoms with Crippen LogP contribution in [-0.4, -0.2) is 63.5 Å². The Bertz CT molecular complexity index is 1440. The van der Waals surface area contributed by atoms with Gasteiger partial charge in [-0.15, -0.1) is 0 Å². The fraction of sp³-hybridized carbons (Fsp3) is 0.370. The highest BCUT2D eigenvalue weighted by Gasteiger charge is 2.33. The topological polar surface area (TPSA) is 110 Å². The van der Waals surface area contributed by atoms with Crippen LogP contribution < -0.4 is 15.4 Å². The number of pyridine rings is 1. The average Bonchev–Trinajstić information content (AvgIpc) is 3.18. The van der Waals surface area contributed by atoms with Gasteiger partial charge < -0.3 is 14.9 Å². The molecule has 39 heavy (non-hydrogen) atoms. The molecule has 0 unspecified atom stereocenters. The second-order valence-corrected chi connectivity index (χ2v) is 10.9. The van der Waals surface area contributed by atoms with E-state index >= 15 is 0 Å². The van der Waals surface area contributed by atoms with Gasteiger partial charge in [-0.3, -0.25) is 23.9 Å². The van der Waals surface area contributed by atoms with Gasteiger partial charge in [0.1, 0.15) is 27.6 Å². The third-order valence-corrected chi connectivity index (χ3v) is 8.23. The first-order valence-electron chi connectivity index (χ1n) is 12.6. The van der Waals surface area contributed by atoms with E-state index in [4.69, 9.17) is 17.3 Å². The van der Waals surface area contributed by atoms with E-state index in [0.717, 1.165) is 17.4 Å². The van der Waals surface area contributed by atoms with E-state index in [-0.39, 0.29) is 42.2 Å². The van der Waals surface area contributed by atoms with Gasteiger partial charge in [0, 0.05) is 56.9 Å². The van der Waals surface area contributed by atoms with Crippen LogP contribution in [0.25, 0.3) is 6.08 Å². The van der Waals surface area contributed by atoms with Gasteiger partial charge in [0.2, 0.25) is 0 Å². The molecule has 4 rings (SSSR count).